The summed E-state index contributed by atoms with van der Waals surface area (Å²) in [7, 11) is 0. The van der Waals surface area contributed by atoms with E-state index in [0.717, 1.165) is 16.8 Å². The highest BCUT2D eigenvalue weighted by Crippen LogP contribution is 2.33. The Balaban J connectivity index is 1.74. The number of aromatic nitrogens is 3. The highest BCUT2D eigenvalue weighted by atomic mass is 35.5. The van der Waals surface area contributed by atoms with Gasteiger partial charge < -0.3 is 0 Å². The van der Waals surface area contributed by atoms with Gasteiger partial charge in [-0.2, -0.15) is 0 Å². The zero-order valence-electron chi connectivity index (χ0n) is 15.7. The average molecular weight is 420 g/mol. The van der Waals surface area contributed by atoms with Crippen LogP contribution in [0.25, 0.3) is 17.1 Å². The molecular weight excluding hydrogens is 402 g/mol. The molecule has 0 fully saturated rings. The number of ketones is 1. The third-order valence-corrected chi connectivity index (χ3v) is 5.79. The van der Waals surface area contributed by atoms with E-state index in [-0.39, 0.29) is 11.5 Å². The Bertz CT molecular complexity index is 1160. The lowest BCUT2D eigenvalue weighted by molar-refractivity contribution is 0.102. The zero-order valence-corrected chi connectivity index (χ0v) is 17.3. The molecule has 0 unspecified atom stereocenters. The quantitative estimate of drug-likeness (QED) is 0.289. The first-order chi connectivity index (χ1) is 14.1. The SMILES string of the molecule is Cc1ccccc1-n1c(SCC(=O)c2ccccc2)nnc1-c1ccccc1Cl. The minimum Gasteiger partial charge on any atom is -0.293 e. The van der Waals surface area contributed by atoms with Crippen LogP contribution in [0.2, 0.25) is 5.02 Å². The second kappa shape index (κ2) is 8.64. The molecule has 4 nitrogen and oxygen atoms in total. The molecule has 0 bridgehead atoms. The fourth-order valence-electron chi connectivity index (χ4n) is 3.05. The number of hydrogen-bond donors (Lipinski definition) is 0. The van der Waals surface area contributed by atoms with Crippen molar-refractivity contribution in [1.29, 1.82) is 0 Å². The Labute approximate surface area is 178 Å². The van der Waals surface area contributed by atoms with Crippen LogP contribution in [-0.4, -0.2) is 26.3 Å². The molecule has 6 heteroatoms. The van der Waals surface area contributed by atoms with Gasteiger partial charge in [0.2, 0.25) is 0 Å². The fraction of sp³-hybridized carbons (Fsp3) is 0.0870. The first-order valence-electron chi connectivity index (χ1n) is 9.12. The highest BCUT2D eigenvalue weighted by Gasteiger charge is 2.20. The molecule has 3 aromatic carbocycles. The second-order valence-corrected chi connectivity index (χ2v) is 7.84. The van der Waals surface area contributed by atoms with Crippen molar-refractivity contribution >= 4 is 29.1 Å². The second-order valence-electron chi connectivity index (χ2n) is 6.49. The molecule has 0 N–H and O–H groups in total. The van der Waals surface area contributed by atoms with Crippen LogP contribution in [0.3, 0.4) is 0 Å². The minimum absolute atomic E-state index is 0.0502. The average Bonchev–Trinajstić information content (AvgIpc) is 3.16. The Morgan fingerprint density at radius 2 is 1.62 bits per heavy atom. The van der Waals surface area contributed by atoms with Gasteiger partial charge in [0.25, 0.3) is 0 Å². The van der Waals surface area contributed by atoms with Crippen molar-refractivity contribution in [2.45, 2.75) is 12.1 Å². The Morgan fingerprint density at radius 1 is 0.931 bits per heavy atom. The summed E-state index contributed by atoms with van der Waals surface area (Å²) in [6.45, 7) is 2.04. The van der Waals surface area contributed by atoms with Crippen LogP contribution < -0.4 is 0 Å². The van der Waals surface area contributed by atoms with E-state index in [1.807, 2.05) is 90.4 Å². The molecule has 0 aliphatic heterocycles. The monoisotopic (exact) mass is 419 g/mol. The summed E-state index contributed by atoms with van der Waals surface area (Å²) in [6.07, 6.45) is 0. The number of carbonyl (C=O) groups excluding carboxylic acids is 1. The summed E-state index contributed by atoms with van der Waals surface area (Å²) in [5.74, 6) is 0.977. The molecule has 4 rings (SSSR count). The van der Waals surface area contributed by atoms with Crippen LogP contribution in [0.15, 0.2) is 84.0 Å². The third kappa shape index (κ3) is 4.11. The lowest BCUT2D eigenvalue weighted by Crippen LogP contribution is -2.05. The molecule has 0 aliphatic carbocycles. The predicted molar refractivity (Wildman–Crippen MR) is 118 cm³/mol. The Hall–Kier alpha value is -2.89. The fourth-order valence-corrected chi connectivity index (χ4v) is 4.11. The normalized spacial score (nSPS) is 10.8. The number of halogens is 1. The van der Waals surface area contributed by atoms with Crippen molar-refractivity contribution in [3.8, 4) is 17.1 Å². The van der Waals surface area contributed by atoms with Gasteiger partial charge in [-0.25, -0.2) is 0 Å². The summed E-state index contributed by atoms with van der Waals surface area (Å²) >= 11 is 7.80. The number of nitrogens with zero attached hydrogens (tertiary/aromatic N) is 3. The van der Waals surface area contributed by atoms with Gasteiger partial charge in [0, 0.05) is 11.1 Å². The molecule has 0 saturated heterocycles. The topological polar surface area (TPSA) is 47.8 Å². The number of carbonyl (C=O) groups is 1. The van der Waals surface area contributed by atoms with Gasteiger partial charge in [-0.05, 0) is 30.7 Å². The van der Waals surface area contributed by atoms with Gasteiger partial charge >= 0.3 is 0 Å². The Kier molecular flexibility index (Phi) is 5.79. The van der Waals surface area contributed by atoms with E-state index in [2.05, 4.69) is 10.2 Å². The van der Waals surface area contributed by atoms with E-state index in [1.165, 1.54) is 11.8 Å². The van der Waals surface area contributed by atoms with Crippen LogP contribution in [0.5, 0.6) is 0 Å². The molecule has 1 aromatic heterocycles. The van der Waals surface area contributed by atoms with Crippen LogP contribution in [-0.2, 0) is 0 Å². The number of rotatable bonds is 6. The van der Waals surface area contributed by atoms with Gasteiger partial charge in [0.05, 0.1) is 16.5 Å². The van der Waals surface area contributed by atoms with E-state index < -0.39 is 0 Å². The van der Waals surface area contributed by atoms with Crippen molar-refractivity contribution in [2.75, 3.05) is 5.75 Å². The summed E-state index contributed by atoms with van der Waals surface area (Å²) in [4.78, 5) is 12.6. The standard InChI is InChI=1S/C23H18ClN3OS/c1-16-9-5-8-14-20(16)27-22(18-12-6-7-13-19(18)24)25-26-23(27)29-15-21(28)17-10-3-2-4-11-17/h2-14H,15H2,1H3. The summed E-state index contributed by atoms with van der Waals surface area (Å²) in [5.41, 5.74) is 3.53. The van der Waals surface area contributed by atoms with Gasteiger partial charge in [-0.1, -0.05) is 84.0 Å². The van der Waals surface area contributed by atoms with Gasteiger partial charge in [-0.3, -0.25) is 9.36 Å². The summed E-state index contributed by atoms with van der Waals surface area (Å²) in [6, 6.07) is 24.8. The lowest BCUT2D eigenvalue weighted by Gasteiger charge is -2.13. The van der Waals surface area contributed by atoms with Crippen LogP contribution >= 0.6 is 23.4 Å². The number of Topliss-reactive ketones (excluding diaryl/α,β-unsaturated/α-hetero) is 1. The summed E-state index contributed by atoms with van der Waals surface area (Å²) < 4.78 is 1.97. The van der Waals surface area contributed by atoms with Crippen molar-refractivity contribution in [3.05, 3.63) is 95.0 Å². The molecule has 0 radical (unpaired) electrons. The lowest BCUT2D eigenvalue weighted by atomic mass is 10.1. The predicted octanol–water partition coefficient (Wildman–Crippen LogP) is 5.87. The molecule has 0 saturated carbocycles. The largest absolute Gasteiger partial charge is 0.293 e. The zero-order chi connectivity index (χ0) is 20.2. The van der Waals surface area contributed by atoms with Crippen LogP contribution in [0.4, 0.5) is 0 Å². The Morgan fingerprint density at radius 3 is 2.38 bits per heavy atom. The maximum atomic E-state index is 12.6. The van der Waals surface area contributed by atoms with E-state index in [0.29, 0.717) is 21.6 Å². The number of benzene rings is 3. The van der Waals surface area contributed by atoms with Crippen molar-refractivity contribution in [3.63, 3.8) is 0 Å². The molecule has 144 valence electrons. The minimum atomic E-state index is 0.0502. The van der Waals surface area contributed by atoms with E-state index in [4.69, 9.17) is 11.6 Å². The molecule has 0 spiro atoms. The number of aryl methyl sites for hydroxylation is 1. The molecule has 4 aromatic rings. The van der Waals surface area contributed by atoms with Gasteiger partial charge in [0.15, 0.2) is 16.8 Å². The number of para-hydroxylation sites is 1. The third-order valence-electron chi connectivity index (χ3n) is 4.53. The van der Waals surface area contributed by atoms with Gasteiger partial charge in [-0.15, -0.1) is 10.2 Å². The molecule has 0 atom stereocenters. The molecule has 1 heterocycles. The molecule has 0 amide bonds. The molecule has 29 heavy (non-hydrogen) atoms. The maximum Gasteiger partial charge on any atom is 0.196 e. The van der Waals surface area contributed by atoms with Crippen LogP contribution in [0, 0.1) is 6.92 Å². The first kappa shape index (κ1) is 19.4. The van der Waals surface area contributed by atoms with Crippen molar-refractivity contribution < 1.29 is 4.79 Å². The first-order valence-corrected chi connectivity index (χ1v) is 10.5. The maximum absolute atomic E-state index is 12.6. The number of thioether (sulfide) groups is 1. The van der Waals surface area contributed by atoms with E-state index in [9.17, 15) is 4.79 Å². The van der Waals surface area contributed by atoms with E-state index in [1.54, 1.807) is 0 Å². The summed E-state index contributed by atoms with van der Waals surface area (Å²) in [5, 5.41) is 10.0. The van der Waals surface area contributed by atoms with Crippen LogP contribution in [0.1, 0.15) is 15.9 Å². The van der Waals surface area contributed by atoms with Crippen molar-refractivity contribution in [2.24, 2.45) is 0 Å². The molecule has 0 aliphatic rings. The number of hydrogen-bond acceptors (Lipinski definition) is 4. The van der Waals surface area contributed by atoms with E-state index >= 15 is 0 Å². The highest BCUT2D eigenvalue weighted by molar-refractivity contribution is 7.99. The van der Waals surface area contributed by atoms with Crippen molar-refractivity contribution in [1.82, 2.24) is 14.8 Å². The smallest absolute Gasteiger partial charge is 0.196 e. The molecular formula is C23H18ClN3OS. The van der Waals surface area contributed by atoms with Gasteiger partial charge in [0.1, 0.15) is 0 Å².